The summed E-state index contributed by atoms with van der Waals surface area (Å²) in [6, 6.07) is 3.00. The Balaban J connectivity index is 2.68. The maximum Gasteiger partial charge on any atom is 0.418 e. The lowest BCUT2D eigenvalue weighted by Crippen LogP contribution is -2.54. The summed E-state index contributed by atoms with van der Waals surface area (Å²) in [5, 5.41) is -1.63. The maximum absolute atomic E-state index is 13.4. The van der Waals surface area contributed by atoms with Gasteiger partial charge in [-0.05, 0) is 18.2 Å². The highest BCUT2D eigenvalue weighted by Crippen LogP contribution is 2.50. The first-order valence-electron chi connectivity index (χ1n) is 4.79. The first kappa shape index (κ1) is 12.6. The molecule has 1 heterocycles. The maximum atomic E-state index is 13.4. The van der Waals surface area contributed by atoms with Gasteiger partial charge in [0.05, 0.1) is 10.4 Å². The van der Waals surface area contributed by atoms with Crippen LogP contribution in [0.15, 0.2) is 47.8 Å². The highest BCUT2D eigenvalue weighted by Gasteiger charge is 2.62. The summed E-state index contributed by atoms with van der Waals surface area (Å²) in [6.45, 7) is 0. The minimum atomic E-state index is -4.59. The molecule has 0 bridgehead atoms. The fourth-order valence-electron chi connectivity index (χ4n) is 1.91. The molecular weight excluding hydrogens is 274 g/mol. The third-order valence-corrected chi connectivity index (χ3v) is 3.61. The van der Waals surface area contributed by atoms with E-state index >= 15 is 0 Å². The lowest BCUT2D eigenvalue weighted by atomic mass is 9.89. The zero-order valence-corrected chi connectivity index (χ0v) is 9.97. The van der Waals surface area contributed by atoms with E-state index < -0.39 is 17.1 Å². The first-order chi connectivity index (χ1) is 7.90. The predicted molar refractivity (Wildman–Crippen MR) is 61.2 cm³/mol. The Bertz CT molecular complexity index is 462. The molecule has 0 fully saturated rings. The van der Waals surface area contributed by atoms with Crippen molar-refractivity contribution in [3.8, 4) is 0 Å². The summed E-state index contributed by atoms with van der Waals surface area (Å²) in [5.74, 6) is 0. The van der Waals surface area contributed by atoms with Crippen LogP contribution in [0.1, 0.15) is 0 Å². The van der Waals surface area contributed by atoms with Crippen LogP contribution in [0, 0.1) is 0 Å². The highest BCUT2D eigenvalue weighted by molar-refractivity contribution is 6.33. The smallest absolute Gasteiger partial charge is 0.334 e. The summed E-state index contributed by atoms with van der Waals surface area (Å²) >= 11 is 11.7. The fraction of sp³-hybridized carbons (Fsp3) is 0.273. The van der Waals surface area contributed by atoms with Crippen LogP contribution >= 0.6 is 23.2 Å². The van der Waals surface area contributed by atoms with E-state index in [1.165, 1.54) is 42.8 Å². The number of halogens is 5. The molecule has 6 heteroatoms. The molecule has 2 unspecified atom stereocenters. The highest BCUT2D eigenvalue weighted by atomic mass is 35.5. The molecule has 17 heavy (non-hydrogen) atoms. The molecule has 1 nitrogen and oxygen atoms in total. The molecule has 1 aromatic rings. The van der Waals surface area contributed by atoms with Gasteiger partial charge in [0, 0.05) is 12.4 Å². The van der Waals surface area contributed by atoms with Crippen molar-refractivity contribution in [3.63, 3.8) is 0 Å². The monoisotopic (exact) mass is 281 g/mol. The summed E-state index contributed by atoms with van der Waals surface area (Å²) in [5.41, 5.74) is -2.42. The van der Waals surface area contributed by atoms with Crippen molar-refractivity contribution in [2.75, 3.05) is 0 Å². The molecule has 0 saturated carbocycles. The van der Waals surface area contributed by atoms with Crippen molar-refractivity contribution in [1.29, 1.82) is 0 Å². The van der Waals surface area contributed by atoms with Crippen molar-refractivity contribution >= 4 is 23.2 Å². The predicted octanol–water partition coefficient (Wildman–Crippen LogP) is 4.05. The van der Waals surface area contributed by atoms with Crippen molar-refractivity contribution in [2.45, 2.75) is 17.1 Å². The summed E-state index contributed by atoms with van der Waals surface area (Å²) in [6.07, 6.45) is 1.94. The number of nitrogens with zero attached hydrogens (tertiary/aromatic N) is 1. The molecule has 1 aromatic heterocycles. The van der Waals surface area contributed by atoms with E-state index in [-0.39, 0.29) is 5.03 Å². The summed E-state index contributed by atoms with van der Waals surface area (Å²) < 4.78 is 41.2. The van der Waals surface area contributed by atoms with Crippen LogP contribution in [0.4, 0.5) is 13.2 Å². The minimum Gasteiger partial charge on any atom is -0.334 e. The number of alkyl halides is 4. The molecule has 0 N–H and O–H groups in total. The molecule has 2 atom stereocenters. The quantitative estimate of drug-likeness (QED) is 0.685. The van der Waals surface area contributed by atoms with Gasteiger partial charge < -0.3 is 4.57 Å². The van der Waals surface area contributed by atoms with Crippen molar-refractivity contribution in [2.24, 2.45) is 0 Å². The lowest BCUT2D eigenvalue weighted by molar-refractivity contribution is -0.197. The number of hydrogen-bond acceptors (Lipinski definition) is 0. The number of allylic oxidation sites excluding steroid dienone is 4. The Kier molecular flexibility index (Phi) is 3.04. The van der Waals surface area contributed by atoms with E-state index in [1.807, 2.05) is 0 Å². The second kappa shape index (κ2) is 4.10. The largest absolute Gasteiger partial charge is 0.418 e. The second-order valence-electron chi connectivity index (χ2n) is 3.66. The van der Waals surface area contributed by atoms with E-state index in [0.717, 1.165) is 4.57 Å². The van der Waals surface area contributed by atoms with Crippen molar-refractivity contribution < 1.29 is 13.2 Å². The van der Waals surface area contributed by atoms with Gasteiger partial charge in [0.25, 0.3) is 0 Å². The lowest BCUT2D eigenvalue weighted by Gasteiger charge is -2.40. The fourth-order valence-corrected chi connectivity index (χ4v) is 2.80. The van der Waals surface area contributed by atoms with Crippen LogP contribution in [0.3, 0.4) is 0 Å². The van der Waals surface area contributed by atoms with Gasteiger partial charge in [0.2, 0.25) is 0 Å². The standard InChI is InChI=1S/C11H8Cl2F3N/c12-8-4-3-5-9(13)10(8,11(14,15)16)17-6-1-2-7-17/h1-8H. The molecule has 1 aliphatic rings. The average Bonchev–Trinajstić information content (AvgIpc) is 2.69. The SMILES string of the molecule is FC(F)(F)C1(n2cccc2)C(Cl)=CC=CC1Cl. The Morgan fingerprint density at radius 3 is 2.29 bits per heavy atom. The van der Waals surface area contributed by atoms with E-state index in [1.54, 1.807) is 0 Å². The molecule has 0 spiro atoms. The van der Waals surface area contributed by atoms with Gasteiger partial charge in [-0.15, -0.1) is 11.6 Å². The zero-order chi connectivity index (χ0) is 12.7. The zero-order valence-electron chi connectivity index (χ0n) is 8.46. The number of rotatable bonds is 1. The first-order valence-corrected chi connectivity index (χ1v) is 5.61. The Morgan fingerprint density at radius 2 is 1.82 bits per heavy atom. The van der Waals surface area contributed by atoms with Crippen LogP contribution in [-0.4, -0.2) is 16.1 Å². The van der Waals surface area contributed by atoms with Crippen molar-refractivity contribution in [3.05, 3.63) is 47.8 Å². The van der Waals surface area contributed by atoms with Crippen LogP contribution in [0.2, 0.25) is 0 Å². The Morgan fingerprint density at radius 1 is 1.24 bits per heavy atom. The van der Waals surface area contributed by atoms with Crippen molar-refractivity contribution in [1.82, 2.24) is 4.57 Å². The van der Waals surface area contributed by atoms with E-state index in [2.05, 4.69) is 0 Å². The van der Waals surface area contributed by atoms with Crippen LogP contribution in [-0.2, 0) is 5.54 Å². The molecule has 92 valence electrons. The van der Waals surface area contributed by atoms with Gasteiger partial charge >= 0.3 is 6.18 Å². The summed E-state index contributed by atoms with van der Waals surface area (Å²) in [4.78, 5) is 0. The van der Waals surface area contributed by atoms with E-state index in [4.69, 9.17) is 23.2 Å². The normalized spacial score (nSPS) is 29.2. The molecule has 1 aliphatic carbocycles. The van der Waals surface area contributed by atoms with Gasteiger partial charge in [0.15, 0.2) is 5.54 Å². The van der Waals surface area contributed by atoms with E-state index in [9.17, 15) is 13.2 Å². The average molecular weight is 282 g/mol. The van der Waals surface area contributed by atoms with Crippen LogP contribution in [0.25, 0.3) is 0 Å². The van der Waals surface area contributed by atoms with Gasteiger partial charge in [-0.2, -0.15) is 13.2 Å². The van der Waals surface area contributed by atoms with Gasteiger partial charge in [-0.3, -0.25) is 0 Å². The molecule has 0 radical (unpaired) electrons. The topological polar surface area (TPSA) is 4.93 Å². The second-order valence-corrected chi connectivity index (χ2v) is 4.53. The molecule has 0 aliphatic heterocycles. The van der Waals surface area contributed by atoms with Crippen LogP contribution in [0.5, 0.6) is 0 Å². The molecular formula is C11H8Cl2F3N. The van der Waals surface area contributed by atoms with Gasteiger partial charge in [0.1, 0.15) is 0 Å². The third-order valence-electron chi connectivity index (χ3n) is 2.73. The molecule has 2 rings (SSSR count). The summed E-state index contributed by atoms with van der Waals surface area (Å²) in [7, 11) is 0. The Hall–Kier alpha value is -0.870. The van der Waals surface area contributed by atoms with Gasteiger partial charge in [-0.25, -0.2) is 0 Å². The number of aromatic nitrogens is 1. The minimum absolute atomic E-state index is 0.344. The van der Waals surface area contributed by atoms with Crippen LogP contribution < -0.4 is 0 Å². The van der Waals surface area contributed by atoms with Gasteiger partial charge in [-0.1, -0.05) is 23.8 Å². The molecule has 0 amide bonds. The Labute approximate surface area is 106 Å². The van der Waals surface area contributed by atoms with E-state index in [0.29, 0.717) is 0 Å². The third kappa shape index (κ3) is 1.70. The number of hydrogen-bond donors (Lipinski definition) is 0. The molecule has 0 aromatic carbocycles. The molecule has 0 saturated heterocycles.